The largest absolute Gasteiger partial charge is 3.00 e. The van der Waals surface area contributed by atoms with E-state index in [1.54, 1.807) is 44.1 Å². The van der Waals surface area contributed by atoms with E-state index in [4.69, 9.17) is 5.11 Å². The normalized spacial score (nSPS) is 8.62. The molecule has 2 radical (unpaired) electrons. The van der Waals surface area contributed by atoms with E-state index in [1.807, 2.05) is 36.4 Å². The molecule has 0 unspecified atom stereocenters. The van der Waals surface area contributed by atoms with Crippen LogP contribution < -0.4 is 74.4 Å². The van der Waals surface area contributed by atoms with Crippen LogP contribution in [0.2, 0.25) is 0 Å². The first-order chi connectivity index (χ1) is 22.3. The Labute approximate surface area is 388 Å². The molecule has 0 aliphatic carbocycles. The van der Waals surface area contributed by atoms with Gasteiger partial charge in [0.1, 0.15) is 0 Å². The first kappa shape index (κ1) is 61.6. The summed E-state index contributed by atoms with van der Waals surface area (Å²) in [6.07, 6.45) is 10.8. The number of aliphatic hydroxyl groups is 1. The van der Waals surface area contributed by atoms with Gasteiger partial charge in [0.2, 0.25) is 0 Å². The van der Waals surface area contributed by atoms with E-state index in [-0.39, 0.29) is 138 Å². The van der Waals surface area contributed by atoms with Gasteiger partial charge >= 0.3 is 51.2 Å². The molecule has 0 aliphatic rings. The Morgan fingerprint density at radius 1 is 0.345 bits per heavy atom. The predicted octanol–water partition coefficient (Wildman–Crippen LogP) is -9.75. The van der Waals surface area contributed by atoms with Crippen LogP contribution in [-0.4, -0.2) is 41.6 Å². The number of halogens is 6. The van der Waals surface area contributed by atoms with Crippen molar-refractivity contribution in [2.45, 2.75) is 6.92 Å². The number of fused-ring (bicyclic) bond motifs is 9. The number of pyridine rings is 6. The number of aliphatic hydroxyl groups excluding tert-OH is 1. The molecule has 290 valence electrons. The average molecular weight is 983 g/mol. The van der Waals surface area contributed by atoms with Crippen molar-refractivity contribution in [2.75, 3.05) is 6.61 Å². The molecular formula is C38H30Cl6Fe3N6O2. The van der Waals surface area contributed by atoms with Crippen molar-refractivity contribution in [1.29, 1.82) is 0 Å². The van der Waals surface area contributed by atoms with Crippen molar-refractivity contribution >= 4 is 65.4 Å². The quantitative estimate of drug-likeness (QED) is 0.118. The van der Waals surface area contributed by atoms with Gasteiger partial charge in [0.05, 0.1) is 33.1 Å². The second-order valence-corrected chi connectivity index (χ2v) is 9.96. The molecular weight excluding hydrogens is 953 g/mol. The van der Waals surface area contributed by atoms with Crippen molar-refractivity contribution < 1.29 is 136 Å². The average Bonchev–Trinajstić information content (AvgIpc) is 3.12. The van der Waals surface area contributed by atoms with E-state index in [0.29, 0.717) is 0 Å². The fourth-order valence-electron chi connectivity index (χ4n) is 5.04. The summed E-state index contributed by atoms with van der Waals surface area (Å²) in [5.41, 5.74) is 5.86. The Bertz CT molecular complexity index is 1980. The summed E-state index contributed by atoms with van der Waals surface area (Å²) >= 11 is 0. The number of benzene rings is 3. The van der Waals surface area contributed by atoms with Crippen molar-refractivity contribution in [1.82, 2.24) is 29.9 Å². The second kappa shape index (κ2) is 31.4. The molecule has 9 aromatic rings. The Morgan fingerprint density at radius 2 is 0.473 bits per heavy atom. The standard InChI is InChI=1S/3C12H8N2.C2H6O.6ClH.3Fe.O/c3*1-3-9-5-6-10-4-2-8-14-12(10)11(9)13-7-1;1-2-3;;;;;;;;;;/h3*1-8H;3H,2H2,1H3;6*1H;;;;/q;;;;;;;;;;+2;2*+3;-2/p-6. The van der Waals surface area contributed by atoms with E-state index < -0.39 is 0 Å². The summed E-state index contributed by atoms with van der Waals surface area (Å²) in [4.78, 5) is 26.1. The topological polar surface area (TPSA) is 126 Å². The van der Waals surface area contributed by atoms with Gasteiger partial charge in [-0.1, -0.05) is 72.8 Å². The third-order valence-electron chi connectivity index (χ3n) is 7.03. The minimum absolute atomic E-state index is 0. The van der Waals surface area contributed by atoms with Gasteiger partial charge in [-0.2, -0.15) is 0 Å². The molecule has 0 saturated carbocycles. The Morgan fingerprint density at radius 3 is 0.600 bits per heavy atom. The maximum atomic E-state index is 7.57. The van der Waals surface area contributed by atoms with Crippen LogP contribution >= 0.6 is 0 Å². The summed E-state index contributed by atoms with van der Waals surface area (Å²) in [5, 5.41) is 14.4. The first-order valence-corrected chi connectivity index (χ1v) is 14.6. The summed E-state index contributed by atoms with van der Waals surface area (Å²) in [6, 6.07) is 36.4. The Kier molecular flexibility index (Phi) is 35.2. The van der Waals surface area contributed by atoms with Gasteiger partial charge in [-0.3, -0.25) is 29.9 Å². The van der Waals surface area contributed by atoms with E-state index in [2.05, 4.69) is 103 Å². The second-order valence-electron chi connectivity index (χ2n) is 9.96. The van der Waals surface area contributed by atoms with Gasteiger partial charge in [-0.05, 0) is 43.3 Å². The van der Waals surface area contributed by atoms with Gasteiger partial charge in [0.15, 0.2) is 0 Å². The maximum absolute atomic E-state index is 7.57. The molecule has 0 atom stereocenters. The van der Waals surface area contributed by atoms with Crippen LogP contribution in [-0.2, 0) is 56.7 Å². The molecule has 0 amide bonds. The van der Waals surface area contributed by atoms with E-state index in [0.717, 1.165) is 65.4 Å². The Balaban J connectivity index is -0.000000202. The first-order valence-electron chi connectivity index (χ1n) is 14.6. The molecule has 17 heteroatoms. The molecule has 55 heavy (non-hydrogen) atoms. The van der Waals surface area contributed by atoms with Crippen molar-refractivity contribution in [3.63, 3.8) is 0 Å². The number of hydrogen-bond donors (Lipinski definition) is 1. The zero-order chi connectivity index (χ0) is 30.8. The molecule has 0 spiro atoms. The minimum Gasteiger partial charge on any atom is -2.00 e. The zero-order valence-corrected chi connectivity index (χ0v) is 36.3. The molecule has 1 N–H and O–H groups in total. The fourth-order valence-corrected chi connectivity index (χ4v) is 5.04. The molecule has 9 rings (SSSR count). The SMILES string of the molecule is CCO.[Cl-].[Cl-].[Cl-].[Cl-].[Cl-].[Cl-].[Fe+2].[Fe+3].[Fe+3].[O-2].c1cnc2c(c1)ccc1cccnc12.c1cnc2c(c1)ccc1cccnc12.c1cnc2c(c1)ccc1cccnc12. The number of aromatic nitrogens is 6. The zero-order valence-electron chi connectivity index (χ0n) is 28.4. The van der Waals surface area contributed by atoms with Crippen LogP contribution in [0.3, 0.4) is 0 Å². The minimum atomic E-state index is 0. The third-order valence-corrected chi connectivity index (χ3v) is 7.03. The van der Waals surface area contributed by atoms with E-state index >= 15 is 0 Å². The van der Waals surface area contributed by atoms with Gasteiger partial charge in [-0.15, -0.1) is 0 Å². The fraction of sp³-hybridized carbons (Fsp3) is 0.0526. The van der Waals surface area contributed by atoms with Crippen LogP contribution in [0, 0.1) is 0 Å². The van der Waals surface area contributed by atoms with Gasteiger partial charge < -0.3 is 85.0 Å². The molecule has 0 bridgehead atoms. The van der Waals surface area contributed by atoms with Gasteiger partial charge in [-0.25, -0.2) is 0 Å². The predicted molar refractivity (Wildman–Crippen MR) is 185 cm³/mol. The summed E-state index contributed by atoms with van der Waals surface area (Å²) < 4.78 is 0. The monoisotopic (exact) mass is 980 g/mol. The van der Waals surface area contributed by atoms with Crippen molar-refractivity contribution in [2.24, 2.45) is 0 Å². The summed E-state index contributed by atoms with van der Waals surface area (Å²) in [6.45, 7) is 1.93. The van der Waals surface area contributed by atoms with Crippen molar-refractivity contribution in [3.8, 4) is 0 Å². The number of nitrogens with zero attached hydrogens (tertiary/aromatic N) is 6. The molecule has 6 heterocycles. The van der Waals surface area contributed by atoms with Crippen LogP contribution in [0.25, 0.3) is 65.4 Å². The molecule has 0 aliphatic heterocycles. The number of rotatable bonds is 0. The van der Waals surface area contributed by atoms with Crippen LogP contribution in [0.4, 0.5) is 0 Å². The number of hydrogen-bond acceptors (Lipinski definition) is 7. The van der Waals surface area contributed by atoms with Crippen molar-refractivity contribution in [3.05, 3.63) is 146 Å². The molecule has 8 nitrogen and oxygen atoms in total. The Hall–Kier alpha value is -2.66. The maximum Gasteiger partial charge on any atom is 3.00 e. The van der Waals surface area contributed by atoms with E-state index in [9.17, 15) is 0 Å². The van der Waals surface area contributed by atoms with Gasteiger partial charge in [0, 0.05) is 76.1 Å². The van der Waals surface area contributed by atoms with E-state index in [1.165, 1.54) is 0 Å². The van der Waals surface area contributed by atoms with Crippen LogP contribution in [0.1, 0.15) is 6.92 Å². The van der Waals surface area contributed by atoms with Crippen LogP contribution in [0.5, 0.6) is 0 Å². The molecule has 6 aromatic heterocycles. The molecule has 0 saturated heterocycles. The third kappa shape index (κ3) is 15.3. The molecule has 3 aromatic carbocycles. The molecule has 0 fully saturated rings. The van der Waals surface area contributed by atoms with Crippen LogP contribution in [0.15, 0.2) is 146 Å². The van der Waals surface area contributed by atoms with Gasteiger partial charge in [0.25, 0.3) is 0 Å². The summed E-state index contributed by atoms with van der Waals surface area (Å²) in [5.74, 6) is 0. The summed E-state index contributed by atoms with van der Waals surface area (Å²) in [7, 11) is 0. The smallest absolute Gasteiger partial charge is 2.00 e.